The number of nitrogens with zero attached hydrogens (tertiary/aromatic N) is 3. The molecule has 114 valence electrons. The van der Waals surface area contributed by atoms with E-state index in [9.17, 15) is 0 Å². The van der Waals surface area contributed by atoms with Gasteiger partial charge < -0.3 is 15.2 Å². The van der Waals surface area contributed by atoms with Gasteiger partial charge >= 0.3 is 0 Å². The quantitative estimate of drug-likeness (QED) is 0.870. The lowest BCUT2D eigenvalue weighted by Crippen LogP contribution is -2.29. The largest absolute Gasteiger partial charge is 0.333 e. The molecule has 2 N–H and O–H groups in total. The van der Waals surface area contributed by atoms with E-state index in [1.165, 1.54) is 25.2 Å². The molecule has 1 aliphatic rings. The van der Waals surface area contributed by atoms with E-state index in [2.05, 4.69) is 42.1 Å². The molecule has 2 heterocycles. The van der Waals surface area contributed by atoms with Gasteiger partial charge in [0.25, 0.3) is 0 Å². The van der Waals surface area contributed by atoms with Gasteiger partial charge in [0.15, 0.2) is 0 Å². The molecule has 2 rings (SSSR count). The van der Waals surface area contributed by atoms with E-state index in [1.807, 2.05) is 12.5 Å². The SMILES string of the molecule is CC(C)CC(N)c1cncn1CC1CCN(C(C)C)C1. The summed E-state index contributed by atoms with van der Waals surface area (Å²) in [7, 11) is 0. The van der Waals surface area contributed by atoms with Crippen LogP contribution in [0, 0.1) is 11.8 Å². The van der Waals surface area contributed by atoms with Gasteiger partial charge in [0, 0.05) is 31.4 Å². The van der Waals surface area contributed by atoms with Crippen molar-refractivity contribution in [3.63, 3.8) is 0 Å². The van der Waals surface area contributed by atoms with Crippen molar-refractivity contribution in [2.24, 2.45) is 17.6 Å². The van der Waals surface area contributed by atoms with Gasteiger partial charge in [-0.25, -0.2) is 4.98 Å². The van der Waals surface area contributed by atoms with Crippen molar-refractivity contribution >= 4 is 0 Å². The van der Waals surface area contributed by atoms with E-state index in [-0.39, 0.29) is 6.04 Å². The molecule has 0 radical (unpaired) electrons. The van der Waals surface area contributed by atoms with Crippen LogP contribution in [0.3, 0.4) is 0 Å². The average Bonchev–Trinajstić information content (AvgIpc) is 2.97. The minimum atomic E-state index is 0.111. The molecule has 2 atom stereocenters. The topological polar surface area (TPSA) is 47.1 Å². The van der Waals surface area contributed by atoms with Crippen LogP contribution < -0.4 is 5.73 Å². The molecule has 0 aliphatic carbocycles. The molecule has 0 saturated carbocycles. The van der Waals surface area contributed by atoms with E-state index in [0.29, 0.717) is 12.0 Å². The summed E-state index contributed by atoms with van der Waals surface area (Å²) in [5.74, 6) is 1.35. The first-order chi connectivity index (χ1) is 9.47. The third kappa shape index (κ3) is 3.83. The maximum atomic E-state index is 6.32. The van der Waals surface area contributed by atoms with Crippen LogP contribution in [-0.2, 0) is 6.54 Å². The Kier molecular flexibility index (Phi) is 5.22. The van der Waals surface area contributed by atoms with Crippen molar-refractivity contribution in [2.45, 2.75) is 59.2 Å². The summed E-state index contributed by atoms with van der Waals surface area (Å²) in [6, 6.07) is 0.769. The highest BCUT2D eigenvalue weighted by molar-refractivity contribution is 5.05. The Morgan fingerprint density at radius 1 is 1.35 bits per heavy atom. The van der Waals surface area contributed by atoms with Gasteiger partial charge in [-0.15, -0.1) is 0 Å². The van der Waals surface area contributed by atoms with Crippen LogP contribution in [0.2, 0.25) is 0 Å². The summed E-state index contributed by atoms with van der Waals surface area (Å²) < 4.78 is 2.28. The molecule has 0 bridgehead atoms. The summed E-state index contributed by atoms with van der Waals surface area (Å²) in [6.07, 6.45) is 6.21. The minimum absolute atomic E-state index is 0.111. The van der Waals surface area contributed by atoms with Crippen molar-refractivity contribution in [3.05, 3.63) is 18.2 Å². The third-order valence-electron chi connectivity index (χ3n) is 4.35. The molecule has 20 heavy (non-hydrogen) atoms. The van der Waals surface area contributed by atoms with E-state index in [0.717, 1.165) is 18.9 Å². The molecule has 1 fully saturated rings. The third-order valence-corrected chi connectivity index (χ3v) is 4.35. The molecule has 1 aliphatic heterocycles. The summed E-state index contributed by atoms with van der Waals surface area (Å²) >= 11 is 0. The molecule has 2 unspecified atom stereocenters. The molecule has 1 aromatic heterocycles. The molecule has 1 saturated heterocycles. The van der Waals surface area contributed by atoms with Crippen LogP contribution in [0.5, 0.6) is 0 Å². The van der Waals surface area contributed by atoms with Crippen molar-refractivity contribution in [1.82, 2.24) is 14.5 Å². The van der Waals surface area contributed by atoms with Crippen molar-refractivity contribution < 1.29 is 0 Å². The van der Waals surface area contributed by atoms with Crippen LogP contribution in [0.25, 0.3) is 0 Å². The predicted molar refractivity (Wildman–Crippen MR) is 83.4 cm³/mol. The second-order valence-corrected chi connectivity index (χ2v) is 6.95. The van der Waals surface area contributed by atoms with Crippen molar-refractivity contribution in [3.8, 4) is 0 Å². The highest BCUT2D eigenvalue weighted by Gasteiger charge is 2.25. The summed E-state index contributed by atoms with van der Waals surface area (Å²) in [6.45, 7) is 12.5. The number of aromatic nitrogens is 2. The summed E-state index contributed by atoms with van der Waals surface area (Å²) in [5.41, 5.74) is 7.52. The van der Waals surface area contributed by atoms with Crippen molar-refractivity contribution in [1.29, 1.82) is 0 Å². The van der Waals surface area contributed by atoms with Gasteiger partial charge in [0.1, 0.15) is 0 Å². The second-order valence-electron chi connectivity index (χ2n) is 6.95. The van der Waals surface area contributed by atoms with Gasteiger partial charge in [-0.1, -0.05) is 13.8 Å². The van der Waals surface area contributed by atoms with Crippen LogP contribution in [0.15, 0.2) is 12.5 Å². The van der Waals surface area contributed by atoms with Gasteiger partial charge in [0.05, 0.1) is 12.0 Å². The van der Waals surface area contributed by atoms with E-state index in [1.54, 1.807) is 0 Å². The average molecular weight is 278 g/mol. The molecule has 4 nitrogen and oxygen atoms in total. The zero-order valence-corrected chi connectivity index (χ0v) is 13.4. The number of rotatable bonds is 6. The van der Waals surface area contributed by atoms with Crippen LogP contribution >= 0.6 is 0 Å². The van der Waals surface area contributed by atoms with Gasteiger partial charge in [-0.05, 0) is 45.1 Å². The zero-order chi connectivity index (χ0) is 14.7. The predicted octanol–water partition coefficient (Wildman–Crippen LogP) is 2.66. The summed E-state index contributed by atoms with van der Waals surface area (Å²) in [4.78, 5) is 6.88. The molecular formula is C16H30N4. The van der Waals surface area contributed by atoms with Crippen molar-refractivity contribution in [2.75, 3.05) is 13.1 Å². The standard InChI is InChI=1S/C16H30N4/c1-12(2)7-15(17)16-8-18-11-20(16)10-14-5-6-19(9-14)13(3)4/h8,11-15H,5-7,9-10,17H2,1-4H3. The first kappa shape index (κ1) is 15.5. The zero-order valence-electron chi connectivity index (χ0n) is 13.4. The van der Waals surface area contributed by atoms with Crippen LogP contribution in [0.1, 0.15) is 52.3 Å². The fourth-order valence-corrected chi connectivity index (χ4v) is 3.18. The van der Waals surface area contributed by atoms with Crippen LogP contribution in [0.4, 0.5) is 0 Å². The highest BCUT2D eigenvalue weighted by atomic mass is 15.2. The second kappa shape index (κ2) is 6.72. The van der Waals surface area contributed by atoms with Gasteiger partial charge in [0.2, 0.25) is 0 Å². The highest BCUT2D eigenvalue weighted by Crippen LogP contribution is 2.23. The fourth-order valence-electron chi connectivity index (χ4n) is 3.18. The fraction of sp³-hybridized carbons (Fsp3) is 0.812. The number of hydrogen-bond donors (Lipinski definition) is 1. The Bertz CT molecular complexity index is 410. The maximum Gasteiger partial charge on any atom is 0.0948 e. The number of likely N-dealkylation sites (tertiary alicyclic amines) is 1. The number of nitrogens with two attached hydrogens (primary N) is 1. The van der Waals surface area contributed by atoms with E-state index in [4.69, 9.17) is 5.73 Å². The normalized spacial score (nSPS) is 22.1. The number of hydrogen-bond acceptors (Lipinski definition) is 3. The van der Waals surface area contributed by atoms with Crippen LogP contribution in [-0.4, -0.2) is 33.6 Å². The monoisotopic (exact) mass is 278 g/mol. The molecule has 0 aromatic carbocycles. The lowest BCUT2D eigenvalue weighted by Gasteiger charge is -2.21. The summed E-state index contributed by atoms with van der Waals surface area (Å²) in [5, 5.41) is 0. The first-order valence-electron chi connectivity index (χ1n) is 7.97. The molecule has 4 heteroatoms. The van der Waals surface area contributed by atoms with Gasteiger partial charge in [-0.2, -0.15) is 0 Å². The molecule has 1 aromatic rings. The Hall–Kier alpha value is -0.870. The maximum absolute atomic E-state index is 6.32. The molecule has 0 amide bonds. The Morgan fingerprint density at radius 2 is 2.10 bits per heavy atom. The van der Waals surface area contributed by atoms with Gasteiger partial charge in [-0.3, -0.25) is 0 Å². The first-order valence-corrected chi connectivity index (χ1v) is 7.97. The molecule has 0 spiro atoms. The Balaban J connectivity index is 1.96. The number of imidazole rings is 1. The minimum Gasteiger partial charge on any atom is -0.333 e. The lowest BCUT2D eigenvalue weighted by molar-refractivity contribution is 0.260. The lowest BCUT2D eigenvalue weighted by atomic mass is 10.0. The van der Waals surface area contributed by atoms with E-state index < -0.39 is 0 Å². The Labute approximate surface area is 123 Å². The molecular weight excluding hydrogens is 248 g/mol. The Morgan fingerprint density at radius 3 is 2.70 bits per heavy atom. The van der Waals surface area contributed by atoms with E-state index >= 15 is 0 Å². The smallest absolute Gasteiger partial charge is 0.0948 e.